The number of ether oxygens (including phenoxy) is 1. The first-order valence-corrected chi connectivity index (χ1v) is 11.8. The predicted octanol–water partition coefficient (Wildman–Crippen LogP) is 3.15. The molecule has 0 saturated heterocycles. The number of rotatable bonds is 4. The van der Waals surface area contributed by atoms with Crippen molar-refractivity contribution in [3.05, 3.63) is 81.7 Å². The van der Waals surface area contributed by atoms with E-state index in [1.807, 2.05) is 60.7 Å². The molecule has 0 fully saturated rings. The fourth-order valence-electron chi connectivity index (χ4n) is 2.68. The molecular weight excluding hydrogens is 446 g/mol. The van der Waals surface area contributed by atoms with Gasteiger partial charge < -0.3 is 0 Å². The molecule has 2 unspecified atom stereocenters. The second-order valence-electron chi connectivity index (χ2n) is 5.65. The molecule has 2 atom stereocenters. The minimum absolute atomic E-state index is 0.0609. The van der Waals surface area contributed by atoms with E-state index in [1.165, 1.54) is 0 Å². The van der Waals surface area contributed by atoms with Crippen LogP contribution >= 0.6 is 0 Å². The van der Waals surface area contributed by atoms with E-state index in [1.54, 1.807) is 0 Å². The number of carbonyl (C=O) groups excluding carboxylic acids is 2. The van der Waals surface area contributed by atoms with E-state index in [2.05, 4.69) is 9.95 Å². The predicted molar refractivity (Wildman–Crippen MR) is 98.9 cm³/mol. The zero-order valence-electron chi connectivity index (χ0n) is 13.1. The minimum atomic E-state index is -0.401. The zero-order chi connectivity index (χ0) is 17.2. The average Bonchev–Trinajstić information content (AvgIpc) is 2.54. The summed E-state index contributed by atoms with van der Waals surface area (Å²) < 4.78 is 5.23. The number of carbonyl (C=O) groups is 2. The molecule has 3 nitrogen and oxygen atoms in total. The monoisotopic (exact) mass is 462 g/mol. The molecule has 0 radical (unpaired) electrons. The Kier molecular flexibility index (Phi) is 4.74. The fourth-order valence-corrected chi connectivity index (χ4v) is 6.20. The topological polar surface area (TPSA) is 43.4 Å². The van der Waals surface area contributed by atoms with Crippen LogP contribution in [0.5, 0.6) is 0 Å². The van der Waals surface area contributed by atoms with Crippen molar-refractivity contribution in [1.82, 2.24) is 0 Å². The first kappa shape index (κ1) is 16.6. The summed E-state index contributed by atoms with van der Waals surface area (Å²) in [7, 11) is 0. The fraction of sp³-hybridized carbons (Fsp3) is 0.100. The Hall–Kier alpha value is -1.90. The molecule has 25 heavy (non-hydrogen) atoms. The zero-order valence-corrected chi connectivity index (χ0v) is 16.6. The second kappa shape index (κ2) is 7.15. The summed E-state index contributed by atoms with van der Waals surface area (Å²) >= 11 is 0.122. The molecular formula is C20H14O3Se2. The average molecular weight is 460 g/mol. The Morgan fingerprint density at radius 3 is 1.40 bits per heavy atom. The Balaban J connectivity index is 1.40. The maximum atomic E-state index is 12.4. The van der Waals surface area contributed by atoms with Crippen molar-refractivity contribution in [3.8, 4) is 0 Å². The van der Waals surface area contributed by atoms with Gasteiger partial charge in [-0.25, -0.2) is 0 Å². The van der Waals surface area contributed by atoms with Crippen molar-refractivity contribution < 1.29 is 14.3 Å². The van der Waals surface area contributed by atoms with Crippen LogP contribution in [0.4, 0.5) is 0 Å². The summed E-state index contributed by atoms with van der Waals surface area (Å²) in [6.07, 6.45) is 0. The quantitative estimate of drug-likeness (QED) is 0.400. The van der Waals surface area contributed by atoms with Crippen molar-refractivity contribution in [2.45, 2.75) is 9.63 Å². The Morgan fingerprint density at radius 1 is 0.680 bits per heavy atom. The first-order valence-electron chi connectivity index (χ1n) is 7.81. The van der Waals surface area contributed by atoms with Crippen LogP contribution in [0.15, 0.2) is 70.6 Å². The molecule has 2 aliphatic heterocycles. The van der Waals surface area contributed by atoms with Crippen LogP contribution < -0.4 is 0 Å². The van der Waals surface area contributed by atoms with Gasteiger partial charge in [0, 0.05) is 0 Å². The third kappa shape index (κ3) is 3.29. The summed E-state index contributed by atoms with van der Waals surface area (Å²) in [4.78, 5) is 28.5. The molecule has 0 amide bonds. The van der Waals surface area contributed by atoms with Crippen LogP contribution in [0.3, 0.4) is 0 Å². The van der Waals surface area contributed by atoms with Crippen molar-refractivity contribution in [2.24, 2.45) is 0 Å². The van der Waals surface area contributed by atoms with Gasteiger partial charge in [-0.1, -0.05) is 0 Å². The molecule has 0 aromatic heterocycles. The number of esters is 2. The third-order valence-corrected chi connectivity index (χ3v) is 8.72. The van der Waals surface area contributed by atoms with Crippen molar-refractivity contribution in [2.75, 3.05) is 0 Å². The molecule has 2 aromatic rings. The van der Waals surface area contributed by atoms with E-state index in [0.29, 0.717) is 0 Å². The van der Waals surface area contributed by atoms with Gasteiger partial charge in [-0.05, 0) is 0 Å². The van der Waals surface area contributed by atoms with Crippen LogP contribution in [-0.4, -0.2) is 41.9 Å². The van der Waals surface area contributed by atoms with E-state index in [4.69, 9.17) is 4.74 Å². The van der Waals surface area contributed by atoms with E-state index >= 15 is 0 Å². The van der Waals surface area contributed by atoms with Gasteiger partial charge in [0.05, 0.1) is 0 Å². The van der Waals surface area contributed by atoms with Crippen molar-refractivity contribution in [1.29, 1.82) is 0 Å². The van der Waals surface area contributed by atoms with E-state index < -0.39 is 11.9 Å². The molecule has 0 saturated carbocycles. The number of hydrogen-bond acceptors (Lipinski definition) is 3. The summed E-state index contributed by atoms with van der Waals surface area (Å²) in [5, 5.41) is 0. The van der Waals surface area contributed by atoms with E-state index in [0.717, 1.165) is 22.3 Å². The summed E-state index contributed by atoms with van der Waals surface area (Å²) in [6, 6.07) is 19.6. The molecule has 0 N–H and O–H groups in total. The Labute approximate surface area is 158 Å². The van der Waals surface area contributed by atoms with Crippen LogP contribution in [0.25, 0.3) is 11.1 Å². The van der Waals surface area contributed by atoms with Gasteiger partial charge in [0.1, 0.15) is 0 Å². The van der Waals surface area contributed by atoms with Gasteiger partial charge >= 0.3 is 159 Å². The molecule has 0 aliphatic carbocycles. The van der Waals surface area contributed by atoms with Gasteiger partial charge in [0.15, 0.2) is 0 Å². The van der Waals surface area contributed by atoms with E-state index in [9.17, 15) is 9.59 Å². The van der Waals surface area contributed by atoms with Gasteiger partial charge in [-0.15, -0.1) is 0 Å². The Bertz CT molecular complexity index is 799. The molecule has 0 spiro atoms. The molecule has 2 heterocycles. The second-order valence-corrected chi connectivity index (χ2v) is 9.76. The number of hydrogen-bond donors (Lipinski definition) is 0. The molecule has 2 aromatic carbocycles. The molecule has 4 rings (SSSR count). The van der Waals surface area contributed by atoms with Crippen LogP contribution in [0, 0.1) is 0 Å². The van der Waals surface area contributed by atoms with Gasteiger partial charge in [0.25, 0.3) is 0 Å². The van der Waals surface area contributed by atoms with Gasteiger partial charge in [-0.2, -0.15) is 0 Å². The van der Waals surface area contributed by atoms with Crippen LogP contribution in [-0.2, 0) is 14.3 Å². The summed E-state index contributed by atoms with van der Waals surface area (Å²) in [6.45, 7) is 0. The molecule has 124 valence electrons. The maximum absolute atomic E-state index is 12.4. The van der Waals surface area contributed by atoms with Gasteiger partial charge in [0.2, 0.25) is 0 Å². The standard InChI is InChI=1S/C20H14O3Se2/c21-19(17-15(11-24-17)13-7-3-1-4-8-13)23-20(22)18-16(12-25-18)14-9-5-2-6-10-14/h1-12,17-18H. The van der Waals surface area contributed by atoms with Crippen LogP contribution in [0.1, 0.15) is 11.1 Å². The van der Waals surface area contributed by atoms with E-state index in [-0.39, 0.29) is 39.5 Å². The van der Waals surface area contributed by atoms with Crippen molar-refractivity contribution in [3.63, 3.8) is 0 Å². The molecule has 5 heteroatoms. The normalized spacial score (nSPS) is 21.3. The van der Waals surface area contributed by atoms with Crippen molar-refractivity contribution >= 4 is 53.0 Å². The van der Waals surface area contributed by atoms with Gasteiger partial charge in [-0.3, -0.25) is 0 Å². The molecule has 0 bridgehead atoms. The summed E-state index contributed by atoms with van der Waals surface area (Å²) in [5.74, 6) is -0.803. The third-order valence-electron chi connectivity index (χ3n) is 4.07. The Morgan fingerprint density at radius 2 is 1.08 bits per heavy atom. The van der Waals surface area contributed by atoms with Crippen LogP contribution in [0.2, 0.25) is 9.63 Å². The number of benzene rings is 2. The first-order chi connectivity index (χ1) is 12.2. The molecule has 2 aliphatic rings. The SMILES string of the molecule is O=C(OC(=O)C1[Se]C=C1c1ccccc1)C1[Se]C=C1c1ccccc1. The summed E-state index contributed by atoms with van der Waals surface area (Å²) in [5.41, 5.74) is 4.03.